The van der Waals surface area contributed by atoms with Crippen molar-refractivity contribution < 1.29 is 17.9 Å². The number of amides is 1. The molecule has 140 valence electrons. The molecule has 9 heteroatoms. The Morgan fingerprint density at radius 3 is 2.73 bits per heavy atom. The van der Waals surface area contributed by atoms with Gasteiger partial charge in [0.05, 0.1) is 24.3 Å². The van der Waals surface area contributed by atoms with Crippen molar-refractivity contribution in [3.05, 3.63) is 47.1 Å². The molecule has 0 radical (unpaired) electrons. The normalized spacial score (nSPS) is 11.4. The first-order valence-electron chi connectivity index (χ1n) is 7.77. The van der Waals surface area contributed by atoms with Gasteiger partial charge in [0.15, 0.2) is 9.84 Å². The lowest BCUT2D eigenvalue weighted by molar-refractivity contribution is -0.117. The SMILES string of the molecule is COc1cccc(S(=O)(=O)CCN(C)CC(=O)Nc2ccc(Br)cn2)c1. The van der Waals surface area contributed by atoms with E-state index in [-0.39, 0.29) is 29.6 Å². The van der Waals surface area contributed by atoms with Gasteiger partial charge in [0.2, 0.25) is 5.91 Å². The third-order valence-corrected chi connectivity index (χ3v) is 5.71. The molecule has 0 atom stereocenters. The number of anilines is 1. The van der Waals surface area contributed by atoms with Crippen molar-refractivity contribution in [1.82, 2.24) is 9.88 Å². The standard InChI is InChI=1S/C17H20BrN3O4S/c1-21(12-17(22)20-16-7-6-13(18)11-19-16)8-9-26(23,24)15-5-3-4-14(10-15)25-2/h3-7,10-11H,8-9,12H2,1-2H3,(H,19,20,22). The van der Waals surface area contributed by atoms with E-state index in [1.807, 2.05) is 0 Å². The maximum Gasteiger partial charge on any atom is 0.239 e. The largest absolute Gasteiger partial charge is 0.497 e. The number of carbonyl (C=O) groups excluding carboxylic acids is 1. The van der Waals surface area contributed by atoms with E-state index in [9.17, 15) is 13.2 Å². The van der Waals surface area contributed by atoms with E-state index in [2.05, 4.69) is 26.2 Å². The van der Waals surface area contributed by atoms with E-state index in [4.69, 9.17) is 4.74 Å². The van der Waals surface area contributed by atoms with Crippen LogP contribution in [0, 0.1) is 0 Å². The number of aromatic nitrogens is 1. The molecule has 1 amide bonds. The number of hydrogen-bond donors (Lipinski definition) is 1. The summed E-state index contributed by atoms with van der Waals surface area (Å²) in [5.74, 6) is 0.568. The maximum atomic E-state index is 12.4. The highest BCUT2D eigenvalue weighted by molar-refractivity contribution is 9.10. The van der Waals surface area contributed by atoms with Crippen LogP contribution in [-0.4, -0.2) is 57.2 Å². The summed E-state index contributed by atoms with van der Waals surface area (Å²) in [6.07, 6.45) is 1.58. The second-order valence-electron chi connectivity index (χ2n) is 5.65. The quantitative estimate of drug-likeness (QED) is 0.675. The number of likely N-dealkylation sites (N-methyl/N-ethyl adjacent to an activating group) is 1. The first-order valence-corrected chi connectivity index (χ1v) is 10.2. The van der Waals surface area contributed by atoms with Gasteiger partial charge in [-0.3, -0.25) is 9.69 Å². The lowest BCUT2D eigenvalue weighted by atomic mass is 10.3. The lowest BCUT2D eigenvalue weighted by Crippen LogP contribution is -2.33. The zero-order valence-electron chi connectivity index (χ0n) is 14.5. The van der Waals surface area contributed by atoms with Crippen LogP contribution in [-0.2, 0) is 14.6 Å². The van der Waals surface area contributed by atoms with Gasteiger partial charge in [0, 0.05) is 17.2 Å². The second-order valence-corrected chi connectivity index (χ2v) is 8.67. The molecule has 26 heavy (non-hydrogen) atoms. The lowest BCUT2D eigenvalue weighted by Gasteiger charge is -2.16. The molecule has 0 aliphatic carbocycles. The van der Waals surface area contributed by atoms with Crippen LogP contribution in [0.1, 0.15) is 0 Å². The average Bonchev–Trinajstić information content (AvgIpc) is 2.62. The van der Waals surface area contributed by atoms with E-state index < -0.39 is 9.84 Å². The van der Waals surface area contributed by atoms with Gasteiger partial charge in [-0.15, -0.1) is 0 Å². The number of rotatable bonds is 8. The van der Waals surface area contributed by atoms with Crippen LogP contribution >= 0.6 is 15.9 Å². The number of halogens is 1. The van der Waals surface area contributed by atoms with Crippen molar-refractivity contribution in [3.63, 3.8) is 0 Å². The fourth-order valence-electron chi connectivity index (χ4n) is 2.14. The van der Waals surface area contributed by atoms with Crippen molar-refractivity contribution in [2.24, 2.45) is 0 Å². The third-order valence-electron chi connectivity index (χ3n) is 3.55. The van der Waals surface area contributed by atoms with E-state index in [0.717, 1.165) is 4.47 Å². The number of hydrogen-bond acceptors (Lipinski definition) is 6. The number of sulfone groups is 1. The van der Waals surface area contributed by atoms with Crippen molar-refractivity contribution >= 4 is 37.5 Å². The molecule has 0 spiro atoms. The predicted molar refractivity (Wildman–Crippen MR) is 103 cm³/mol. The number of carbonyl (C=O) groups is 1. The first kappa shape index (κ1) is 20.3. The van der Waals surface area contributed by atoms with Gasteiger partial charge >= 0.3 is 0 Å². The van der Waals surface area contributed by atoms with Gasteiger partial charge in [-0.2, -0.15) is 0 Å². The molecule has 2 aromatic rings. The third kappa shape index (κ3) is 6.08. The predicted octanol–water partition coefficient (Wildman–Crippen LogP) is 2.20. The van der Waals surface area contributed by atoms with Crippen molar-refractivity contribution in [2.75, 3.05) is 38.3 Å². The topological polar surface area (TPSA) is 88.6 Å². The van der Waals surface area contributed by atoms with Gasteiger partial charge in [0.1, 0.15) is 11.6 Å². The Labute approximate surface area is 161 Å². The Morgan fingerprint density at radius 1 is 1.31 bits per heavy atom. The number of methoxy groups -OCH3 is 1. The number of ether oxygens (including phenoxy) is 1. The summed E-state index contributed by atoms with van der Waals surface area (Å²) >= 11 is 3.27. The van der Waals surface area contributed by atoms with Crippen molar-refractivity contribution in [3.8, 4) is 5.75 Å². The van der Waals surface area contributed by atoms with Crippen LogP contribution in [0.15, 0.2) is 52.0 Å². The Kier molecular flexibility index (Phi) is 7.13. The molecule has 0 bridgehead atoms. The molecule has 1 N–H and O–H groups in total. The van der Waals surface area contributed by atoms with Crippen LogP contribution in [0.3, 0.4) is 0 Å². The summed E-state index contributed by atoms with van der Waals surface area (Å²) in [6, 6.07) is 9.78. The molecule has 0 unspecified atom stereocenters. The van der Waals surface area contributed by atoms with Crippen LogP contribution < -0.4 is 10.1 Å². The van der Waals surface area contributed by atoms with Gasteiger partial charge in [0.25, 0.3) is 0 Å². The Bertz CT molecular complexity index is 857. The van der Waals surface area contributed by atoms with Crippen LogP contribution in [0.4, 0.5) is 5.82 Å². The maximum absolute atomic E-state index is 12.4. The average molecular weight is 442 g/mol. The van der Waals surface area contributed by atoms with Crippen LogP contribution in [0.5, 0.6) is 5.75 Å². The number of benzene rings is 1. The summed E-state index contributed by atoms with van der Waals surface area (Å²) < 4.78 is 30.7. The summed E-state index contributed by atoms with van der Waals surface area (Å²) in [7, 11) is -0.284. The molecule has 1 aromatic carbocycles. The molecule has 1 heterocycles. The Balaban J connectivity index is 1.87. The monoisotopic (exact) mass is 441 g/mol. The van der Waals surface area contributed by atoms with Gasteiger partial charge in [-0.25, -0.2) is 13.4 Å². The van der Waals surface area contributed by atoms with Gasteiger partial charge < -0.3 is 10.1 Å². The second kappa shape index (κ2) is 9.11. The van der Waals surface area contributed by atoms with Crippen molar-refractivity contribution in [2.45, 2.75) is 4.90 Å². The first-order chi connectivity index (χ1) is 12.3. The zero-order chi connectivity index (χ0) is 19.2. The molecule has 1 aromatic heterocycles. The molecule has 0 saturated carbocycles. The van der Waals surface area contributed by atoms with E-state index in [1.165, 1.54) is 19.2 Å². The van der Waals surface area contributed by atoms with Crippen LogP contribution in [0.2, 0.25) is 0 Å². The summed E-state index contributed by atoms with van der Waals surface area (Å²) in [5.41, 5.74) is 0. The minimum atomic E-state index is -3.46. The highest BCUT2D eigenvalue weighted by Gasteiger charge is 2.17. The van der Waals surface area contributed by atoms with Crippen molar-refractivity contribution in [1.29, 1.82) is 0 Å². The molecule has 0 saturated heterocycles. The Morgan fingerprint density at radius 2 is 2.08 bits per heavy atom. The Hall–Kier alpha value is -1.97. The van der Waals surface area contributed by atoms with E-state index >= 15 is 0 Å². The minimum absolute atomic E-state index is 0.0609. The molecule has 2 rings (SSSR count). The van der Waals surface area contributed by atoms with Gasteiger partial charge in [-0.1, -0.05) is 6.07 Å². The molecule has 0 aliphatic heterocycles. The molecule has 0 aliphatic rings. The molecule has 7 nitrogen and oxygen atoms in total. The number of pyridine rings is 1. The highest BCUT2D eigenvalue weighted by atomic mass is 79.9. The zero-order valence-corrected chi connectivity index (χ0v) is 16.9. The smallest absolute Gasteiger partial charge is 0.239 e. The fraction of sp³-hybridized carbons (Fsp3) is 0.294. The van der Waals surface area contributed by atoms with E-state index in [0.29, 0.717) is 11.6 Å². The fourth-order valence-corrected chi connectivity index (χ4v) is 3.75. The van der Waals surface area contributed by atoms with E-state index in [1.54, 1.807) is 42.4 Å². The van der Waals surface area contributed by atoms with Crippen LogP contribution in [0.25, 0.3) is 0 Å². The minimum Gasteiger partial charge on any atom is -0.497 e. The molecular weight excluding hydrogens is 422 g/mol. The molecule has 0 fully saturated rings. The summed E-state index contributed by atoms with van der Waals surface area (Å²) in [5, 5.41) is 2.67. The number of nitrogens with one attached hydrogen (secondary N) is 1. The summed E-state index contributed by atoms with van der Waals surface area (Å²) in [6.45, 7) is 0.284. The molecular formula is C17H20BrN3O4S. The number of nitrogens with zero attached hydrogens (tertiary/aromatic N) is 2. The van der Waals surface area contributed by atoms with Gasteiger partial charge in [-0.05, 0) is 53.3 Å². The highest BCUT2D eigenvalue weighted by Crippen LogP contribution is 2.18. The summed E-state index contributed by atoms with van der Waals surface area (Å²) in [4.78, 5) is 17.9.